The maximum absolute atomic E-state index is 13.6. The van der Waals surface area contributed by atoms with Crippen molar-refractivity contribution in [2.45, 2.75) is 11.1 Å². The number of hydrogen-bond acceptors (Lipinski definition) is 6. The number of alkyl halides is 3. The van der Waals surface area contributed by atoms with Gasteiger partial charge in [0.05, 0.1) is 27.9 Å². The van der Waals surface area contributed by atoms with Gasteiger partial charge in [0, 0.05) is 41.5 Å². The molecule has 3 aromatic heterocycles. The second kappa shape index (κ2) is 8.31. The molecule has 0 unspecified atom stereocenters. The van der Waals surface area contributed by atoms with Crippen molar-refractivity contribution in [3.63, 3.8) is 0 Å². The van der Waals surface area contributed by atoms with E-state index in [4.69, 9.17) is 4.74 Å². The molecule has 0 saturated heterocycles. The summed E-state index contributed by atoms with van der Waals surface area (Å²) in [5, 5.41) is 10.00. The van der Waals surface area contributed by atoms with E-state index in [1.807, 2.05) is 6.07 Å². The third-order valence-corrected chi connectivity index (χ3v) is 6.66. The zero-order valence-electron chi connectivity index (χ0n) is 18.7. The molecule has 37 heavy (non-hydrogen) atoms. The Kier molecular flexibility index (Phi) is 5.45. The van der Waals surface area contributed by atoms with Gasteiger partial charge in [0.2, 0.25) is 0 Å². The number of rotatable bonds is 4. The van der Waals surface area contributed by atoms with E-state index in [2.05, 4.69) is 9.97 Å². The molecule has 1 N–H and O–H groups in total. The molecular formula is C24H14F4N4O4S. The van der Waals surface area contributed by atoms with Crippen molar-refractivity contribution in [1.29, 1.82) is 5.26 Å². The molecule has 2 aromatic carbocycles. The summed E-state index contributed by atoms with van der Waals surface area (Å²) < 4.78 is 82.0. The summed E-state index contributed by atoms with van der Waals surface area (Å²) in [6.45, 7) is -1.69. The van der Waals surface area contributed by atoms with E-state index in [1.165, 1.54) is 6.07 Å². The van der Waals surface area contributed by atoms with E-state index < -0.39 is 33.3 Å². The minimum atomic E-state index is -5.15. The molecule has 8 nitrogen and oxygen atoms in total. The topological polar surface area (TPSA) is 118 Å². The van der Waals surface area contributed by atoms with Gasteiger partial charge in [0.15, 0.2) is 12.0 Å². The predicted molar refractivity (Wildman–Crippen MR) is 126 cm³/mol. The summed E-state index contributed by atoms with van der Waals surface area (Å²) in [4.78, 5) is 19.5. The highest BCUT2D eigenvalue weighted by molar-refractivity contribution is 7.86. The van der Waals surface area contributed by atoms with Crippen LogP contribution in [0.3, 0.4) is 0 Å². The minimum Gasteiger partial charge on any atom is -0.483 e. The van der Waals surface area contributed by atoms with Crippen LogP contribution in [0.15, 0.2) is 58.5 Å². The van der Waals surface area contributed by atoms with Gasteiger partial charge in [-0.1, -0.05) is 6.07 Å². The minimum absolute atomic E-state index is 0.0309. The lowest BCUT2D eigenvalue weighted by Crippen LogP contribution is -2.20. The molecule has 5 aromatic rings. The second-order valence-electron chi connectivity index (χ2n) is 8.23. The molecule has 188 valence electrons. The van der Waals surface area contributed by atoms with Crippen molar-refractivity contribution in [3.05, 3.63) is 64.6 Å². The standard InChI is InChI=1S/C24H14F4N4O4S/c1-32-19-6-16(13-5-14(10-30-9-13)37(28,34)35)20(36-11-24(25,26)27)7-17(19)22(33)21-15-3-2-12(8-29)4-18(15)31-23(21)32/h2-7,9-10,31H,11H2,1H3. The molecule has 5 rings (SSSR count). The smallest absolute Gasteiger partial charge is 0.422 e. The van der Waals surface area contributed by atoms with Crippen LogP contribution in [0.2, 0.25) is 0 Å². The van der Waals surface area contributed by atoms with Crippen LogP contribution in [-0.2, 0) is 17.3 Å². The van der Waals surface area contributed by atoms with Crippen LogP contribution in [0.1, 0.15) is 5.56 Å². The Morgan fingerprint density at radius 2 is 1.89 bits per heavy atom. The van der Waals surface area contributed by atoms with Crippen molar-refractivity contribution < 1.29 is 30.2 Å². The van der Waals surface area contributed by atoms with Crippen LogP contribution < -0.4 is 10.2 Å². The lowest BCUT2D eigenvalue weighted by molar-refractivity contribution is -0.153. The number of aryl methyl sites for hydroxylation is 1. The predicted octanol–water partition coefficient (Wildman–Crippen LogP) is 4.71. The maximum atomic E-state index is 13.6. The SMILES string of the molecule is Cn1c2cc(-c3cncc(S(=O)(=O)F)c3)c(OCC(F)(F)F)cc2c(=O)c2c3ccc(C#N)cc3[nH]c21. The van der Waals surface area contributed by atoms with Gasteiger partial charge in [-0.2, -0.15) is 26.9 Å². The zero-order chi connectivity index (χ0) is 26.7. The number of nitrogens with zero attached hydrogens (tertiary/aromatic N) is 3. The molecule has 3 heterocycles. The Labute approximate surface area is 205 Å². The fourth-order valence-electron chi connectivity index (χ4n) is 4.22. The molecule has 0 amide bonds. The molecule has 0 atom stereocenters. The quantitative estimate of drug-likeness (QED) is 0.266. The van der Waals surface area contributed by atoms with E-state index in [9.17, 15) is 35.5 Å². The Balaban J connectivity index is 1.85. The number of benzene rings is 2. The molecule has 0 aliphatic rings. The number of ether oxygens (including phenoxy) is 1. The Morgan fingerprint density at radius 3 is 2.57 bits per heavy atom. The lowest BCUT2D eigenvalue weighted by Gasteiger charge is -2.16. The normalized spacial score (nSPS) is 12.3. The van der Waals surface area contributed by atoms with Gasteiger partial charge in [-0.05, 0) is 30.3 Å². The van der Waals surface area contributed by atoms with Crippen LogP contribution in [0.4, 0.5) is 17.1 Å². The van der Waals surface area contributed by atoms with Crippen LogP contribution in [0.5, 0.6) is 5.75 Å². The van der Waals surface area contributed by atoms with Gasteiger partial charge in [-0.3, -0.25) is 9.78 Å². The first kappa shape index (κ1) is 24.3. The molecular weight excluding hydrogens is 516 g/mol. The van der Waals surface area contributed by atoms with Gasteiger partial charge in [0.25, 0.3) is 0 Å². The fraction of sp³-hybridized carbons (Fsp3) is 0.125. The highest BCUT2D eigenvalue weighted by atomic mass is 32.3. The highest BCUT2D eigenvalue weighted by Gasteiger charge is 2.29. The van der Waals surface area contributed by atoms with Crippen molar-refractivity contribution >= 4 is 43.1 Å². The van der Waals surface area contributed by atoms with Crippen LogP contribution in [0.25, 0.3) is 44.0 Å². The number of hydrogen-bond donors (Lipinski definition) is 1. The molecule has 13 heteroatoms. The van der Waals surface area contributed by atoms with Gasteiger partial charge < -0.3 is 14.3 Å². The summed E-state index contributed by atoms with van der Waals surface area (Å²) in [7, 11) is -3.54. The molecule has 0 saturated carbocycles. The van der Waals surface area contributed by atoms with E-state index in [-0.39, 0.29) is 33.2 Å². The molecule has 0 aliphatic carbocycles. The average Bonchev–Trinajstić information content (AvgIpc) is 3.24. The van der Waals surface area contributed by atoms with Crippen molar-refractivity contribution in [2.75, 3.05) is 6.61 Å². The van der Waals surface area contributed by atoms with Gasteiger partial charge in [0.1, 0.15) is 16.3 Å². The number of nitrogens with one attached hydrogen (secondary N) is 1. The van der Waals surface area contributed by atoms with E-state index in [0.29, 0.717) is 22.1 Å². The van der Waals surface area contributed by atoms with Crippen molar-refractivity contribution in [1.82, 2.24) is 14.5 Å². The summed E-state index contributed by atoms with van der Waals surface area (Å²) in [5.74, 6) is -0.372. The summed E-state index contributed by atoms with van der Waals surface area (Å²) in [5.41, 5.74) is 0.950. The fourth-order valence-corrected chi connectivity index (χ4v) is 4.68. The largest absolute Gasteiger partial charge is 0.483 e. The third kappa shape index (κ3) is 4.25. The Bertz CT molecular complexity index is 1950. The summed E-state index contributed by atoms with van der Waals surface area (Å²) >= 11 is 0. The molecule has 0 fully saturated rings. The Morgan fingerprint density at radius 1 is 1.14 bits per heavy atom. The zero-order valence-corrected chi connectivity index (χ0v) is 19.5. The first-order valence-corrected chi connectivity index (χ1v) is 11.9. The third-order valence-electron chi connectivity index (χ3n) is 5.87. The monoisotopic (exact) mass is 530 g/mol. The van der Waals surface area contributed by atoms with Gasteiger partial charge >= 0.3 is 16.4 Å². The number of aromatic amines is 1. The van der Waals surface area contributed by atoms with Gasteiger partial charge in [-0.15, -0.1) is 3.89 Å². The van der Waals surface area contributed by atoms with E-state index >= 15 is 0 Å². The number of pyridine rings is 2. The average molecular weight is 530 g/mol. The molecule has 0 aliphatic heterocycles. The van der Waals surface area contributed by atoms with Crippen LogP contribution in [0, 0.1) is 11.3 Å². The van der Waals surface area contributed by atoms with Crippen molar-refractivity contribution in [3.8, 4) is 22.9 Å². The van der Waals surface area contributed by atoms with Crippen LogP contribution >= 0.6 is 0 Å². The number of fused-ring (bicyclic) bond motifs is 4. The number of H-pyrrole nitrogens is 1. The Hall–Kier alpha value is -4.44. The first-order chi connectivity index (χ1) is 17.4. The molecule has 0 bridgehead atoms. The molecule has 0 spiro atoms. The van der Waals surface area contributed by atoms with Gasteiger partial charge in [-0.25, -0.2) is 0 Å². The second-order valence-corrected chi connectivity index (χ2v) is 9.57. The van der Waals surface area contributed by atoms with E-state index in [1.54, 1.807) is 29.8 Å². The van der Waals surface area contributed by atoms with Crippen molar-refractivity contribution in [2.24, 2.45) is 7.05 Å². The first-order valence-electron chi connectivity index (χ1n) is 10.5. The van der Waals surface area contributed by atoms with Crippen LogP contribution in [-0.4, -0.2) is 35.7 Å². The number of halogens is 4. The van der Waals surface area contributed by atoms with E-state index in [0.717, 1.165) is 24.5 Å². The summed E-state index contributed by atoms with van der Waals surface area (Å²) in [6, 6.07) is 10.1. The maximum Gasteiger partial charge on any atom is 0.422 e. The summed E-state index contributed by atoms with van der Waals surface area (Å²) in [6.07, 6.45) is -2.81. The number of aromatic nitrogens is 3. The highest BCUT2D eigenvalue weighted by Crippen LogP contribution is 2.36. The number of nitriles is 1. The molecule has 0 radical (unpaired) electrons. The lowest BCUT2D eigenvalue weighted by atomic mass is 10.0.